The van der Waals surface area contributed by atoms with Gasteiger partial charge < -0.3 is 15.4 Å². The predicted octanol–water partition coefficient (Wildman–Crippen LogP) is 1.86. The van der Waals surface area contributed by atoms with Gasteiger partial charge >= 0.3 is 0 Å². The van der Waals surface area contributed by atoms with Gasteiger partial charge in [0.15, 0.2) is 0 Å². The van der Waals surface area contributed by atoms with Crippen molar-refractivity contribution in [3.8, 4) is 0 Å². The number of aryl methyl sites for hydroxylation is 1. The van der Waals surface area contributed by atoms with Crippen LogP contribution in [0, 0.1) is 6.92 Å². The molecule has 2 N–H and O–H groups in total. The van der Waals surface area contributed by atoms with E-state index in [1.807, 2.05) is 5.38 Å². The molecule has 0 saturated carbocycles. The maximum atomic E-state index is 12.3. The highest BCUT2D eigenvalue weighted by Gasteiger charge is 2.39. The number of nitrogens with one attached hydrogen (secondary N) is 2. The fourth-order valence-corrected chi connectivity index (χ4v) is 3.11. The first-order valence-corrected chi connectivity index (χ1v) is 7.13. The average Bonchev–Trinajstić information content (AvgIpc) is 2.82. The van der Waals surface area contributed by atoms with Crippen molar-refractivity contribution in [2.75, 3.05) is 20.2 Å². The molecular formula is C13H21ClN2O2S. The lowest BCUT2D eigenvalue weighted by atomic mass is 9.91. The van der Waals surface area contributed by atoms with Crippen molar-refractivity contribution >= 4 is 29.7 Å². The van der Waals surface area contributed by atoms with Crippen LogP contribution in [0.1, 0.15) is 23.3 Å². The third-order valence-electron chi connectivity index (χ3n) is 3.59. The Morgan fingerprint density at radius 1 is 1.53 bits per heavy atom. The lowest BCUT2D eigenvalue weighted by Gasteiger charge is -2.34. The molecule has 6 heteroatoms. The molecule has 1 aliphatic rings. The number of amides is 1. The molecule has 2 rings (SSSR count). The van der Waals surface area contributed by atoms with Crippen molar-refractivity contribution in [2.45, 2.75) is 31.9 Å². The van der Waals surface area contributed by atoms with Gasteiger partial charge in [-0.1, -0.05) is 0 Å². The summed E-state index contributed by atoms with van der Waals surface area (Å²) in [6, 6.07) is 2.07. The van der Waals surface area contributed by atoms with Gasteiger partial charge in [0, 0.05) is 12.0 Å². The summed E-state index contributed by atoms with van der Waals surface area (Å²) in [5.74, 6) is 0.0132. The maximum absolute atomic E-state index is 12.3. The van der Waals surface area contributed by atoms with E-state index in [-0.39, 0.29) is 18.3 Å². The fourth-order valence-electron chi connectivity index (χ4n) is 2.26. The Morgan fingerprint density at radius 2 is 2.21 bits per heavy atom. The molecule has 108 valence electrons. The highest BCUT2D eigenvalue weighted by atomic mass is 35.5. The topological polar surface area (TPSA) is 50.4 Å². The zero-order chi connectivity index (χ0) is 13.0. The normalized spacial score (nSPS) is 17.6. The van der Waals surface area contributed by atoms with Crippen LogP contribution in [-0.4, -0.2) is 31.7 Å². The summed E-state index contributed by atoms with van der Waals surface area (Å²) in [6.07, 6.45) is 1.47. The molecule has 0 spiro atoms. The maximum Gasteiger partial charge on any atom is 0.252 e. The minimum atomic E-state index is -0.642. The first kappa shape index (κ1) is 16.4. The van der Waals surface area contributed by atoms with Crippen LogP contribution in [0.3, 0.4) is 0 Å². The second kappa shape index (κ2) is 7.24. The molecule has 2 heterocycles. The minimum Gasteiger partial charge on any atom is -0.368 e. The Morgan fingerprint density at radius 3 is 2.74 bits per heavy atom. The zero-order valence-corrected chi connectivity index (χ0v) is 13.0. The van der Waals surface area contributed by atoms with Crippen LogP contribution >= 0.6 is 23.7 Å². The second-order valence-corrected chi connectivity index (χ2v) is 5.66. The summed E-state index contributed by atoms with van der Waals surface area (Å²) in [5.41, 5.74) is 0.591. The van der Waals surface area contributed by atoms with Gasteiger partial charge in [-0.05, 0) is 49.9 Å². The van der Waals surface area contributed by atoms with Gasteiger partial charge in [0.1, 0.15) is 5.60 Å². The number of methoxy groups -OCH3 is 1. The van der Waals surface area contributed by atoms with Crippen molar-refractivity contribution < 1.29 is 9.53 Å². The molecule has 0 aliphatic carbocycles. The van der Waals surface area contributed by atoms with E-state index in [1.54, 1.807) is 18.4 Å². The molecular weight excluding hydrogens is 284 g/mol. The van der Waals surface area contributed by atoms with Gasteiger partial charge in [-0.2, -0.15) is 0 Å². The molecule has 1 aromatic heterocycles. The Balaban J connectivity index is 0.00000180. The van der Waals surface area contributed by atoms with Crippen LogP contribution in [0.15, 0.2) is 11.4 Å². The monoisotopic (exact) mass is 304 g/mol. The molecule has 4 nitrogen and oxygen atoms in total. The van der Waals surface area contributed by atoms with Crippen LogP contribution in [0.5, 0.6) is 0 Å². The van der Waals surface area contributed by atoms with Gasteiger partial charge in [0.25, 0.3) is 5.91 Å². The SMILES string of the molecule is COC1(C(=O)NCc2sccc2C)CCNCC1.Cl. The summed E-state index contributed by atoms with van der Waals surface area (Å²) in [4.78, 5) is 13.5. The molecule has 0 radical (unpaired) electrons. The van der Waals surface area contributed by atoms with Crippen molar-refractivity contribution in [2.24, 2.45) is 0 Å². The summed E-state index contributed by atoms with van der Waals surface area (Å²) in [5, 5.41) is 8.30. The molecule has 0 bridgehead atoms. The lowest BCUT2D eigenvalue weighted by molar-refractivity contribution is -0.146. The Hall–Kier alpha value is -0.620. The van der Waals surface area contributed by atoms with Gasteiger partial charge in [-0.15, -0.1) is 23.7 Å². The highest BCUT2D eigenvalue weighted by molar-refractivity contribution is 7.10. The molecule has 19 heavy (non-hydrogen) atoms. The lowest BCUT2D eigenvalue weighted by Crippen LogP contribution is -2.53. The third-order valence-corrected chi connectivity index (χ3v) is 4.62. The van der Waals surface area contributed by atoms with E-state index in [0.29, 0.717) is 6.54 Å². The second-order valence-electron chi connectivity index (χ2n) is 4.66. The van der Waals surface area contributed by atoms with E-state index >= 15 is 0 Å². The van der Waals surface area contributed by atoms with Gasteiger partial charge in [-0.25, -0.2) is 0 Å². The number of hydrogen-bond donors (Lipinski definition) is 2. The van der Waals surface area contributed by atoms with E-state index in [2.05, 4.69) is 23.6 Å². The number of thiophene rings is 1. The summed E-state index contributed by atoms with van der Waals surface area (Å²) in [7, 11) is 1.63. The average molecular weight is 305 g/mol. The molecule has 1 amide bonds. The summed E-state index contributed by atoms with van der Waals surface area (Å²) in [6.45, 7) is 4.33. The van der Waals surface area contributed by atoms with Crippen LogP contribution in [0.4, 0.5) is 0 Å². The number of ether oxygens (including phenoxy) is 1. The minimum absolute atomic E-state index is 0. The highest BCUT2D eigenvalue weighted by Crippen LogP contribution is 2.23. The molecule has 1 saturated heterocycles. The Labute approximate surface area is 124 Å². The number of carbonyl (C=O) groups is 1. The molecule has 0 atom stereocenters. The number of rotatable bonds is 4. The first-order valence-electron chi connectivity index (χ1n) is 6.25. The number of hydrogen-bond acceptors (Lipinski definition) is 4. The quantitative estimate of drug-likeness (QED) is 0.893. The van der Waals surface area contributed by atoms with E-state index in [1.165, 1.54) is 10.4 Å². The standard InChI is InChI=1S/C13H20N2O2S.ClH/c1-10-3-8-18-11(10)9-15-12(16)13(17-2)4-6-14-7-5-13;/h3,8,14H,4-7,9H2,1-2H3,(H,15,16);1H. The van der Waals surface area contributed by atoms with Crippen LogP contribution in [-0.2, 0) is 16.1 Å². The summed E-state index contributed by atoms with van der Waals surface area (Å²) >= 11 is 1.68. The van der Waals surface area contributed by atoms with E-state index in [4.69, 9.17) is 4.74 Å². The smallest absolute Gasteiger partial charge is 0.252 e. The molecule has 1 aliphatic heterocycles. The molecule has 0 aromatic carbocycles. The number of piperidine rings is 1. The number of carbonyl (C=O) groups excluding carboxylic acids is 1. The van der Waals surface area contributed by atoms with Gasteiger partial charge in [0.2, 0.25) is 0 Å². The first-order chi connectivity index (χ1) is 8.68. The van der Waals surface area contributed by atoms with E-state index in [9.17, 15) is 4.79 Å². The third kappa shape index (κ3) is 3.69. The van der Waals surface area contributed by atoms with Crippen molar-refractivity contribution in [3.63, 3.8) is 0 Å². The van der Waals surface area contributed by atoms with E-state index in [0.717, 1.165) is 25.9 Å². The van der Waals surface area contributed by atoms with Gasteiger partial charge in [-0.3, -0.25) is 4.79 Å². The van der Waals surface area contributed by atoms with Crippen molar-refractivity contribution in [1.82, 2.24) is 10.6 Å². The van der Waals surface area contributed by atoms with Crippen LogP contribution in [0.25, 0.3) is 0 Å². The predicted molar refractivity (Wildman–Crippen MR) is 80.0 cm³/mol. The van der Waals surface area contributed by atoms with Crippen molar-refractivity contribution in [1.29, 1.82) is 0 Å². The molecule has 1 fully saturated rings. The zero-order valence-electron chi connectivity index (χ0n) is 11.3. The summed E-state index contributed by atoms with van der Waals surface area (Å²) < 4.78 is 5.49. The molecule has 1 aromatic rings. The number of halogens is 1. The fraction of sp³-hybridized carbons (Fsp3) is 0.615. The van der Waals surface area contributed by atoms with E-state index < -0.39 is 5.60 Å². The Bertz CT molecular complexity index is 417. The van der Waals surface area contributed by atoms with Gasteiger partial charge in [0.05, 0.1) is 6.54 Å². The molecule has 0 unspecified atom stereocenters. The van der Waals surface area contributed by atoms with Crippen LogP contribution < -0.4 is 10.6 Å². The van der Waals surface area contributed by atoms with Crippen LogP contribution in [0.2, 0.25) is 0 Å². The van der Waals surface area contributed by atoms with Crippen molar-refractivity contribution in [3.05, 3.63) is 21.9 Å². The largest absolute Gasteiger partial charge is 0.368 e. The Kier molecular flexibility index (Phi) is 6.26.